The molecule has 2 rings (SSSR count). The lowest BCUT2D eigenvalue weighted by Gasteiger charge is -2.16. The fourth-order valence-corrected chi connectivity index (χ4v) is 1.83. The number of carbonyl (C=O) groups is 1. The van der Waals surface area contributed by atoms with Crippen molar-refractivity contribution in [2.45, 2.75) is 6.54 Å². The summed E-state index contributed by atoms with van der Waals surface area (Å²) >= 11 is 0. The predicted octanol–water partition coefficient (Wildman–Crippen LogP) is 2.03. The molecule has 2 aromatic rings. The van der Waals surface area contributed by atoms with Gasteiger partial charge in [0, 0.05) is 24.7 Å². The molecule has 0 fully saturated rings. The van der Waals surface area contributed by atoms with Gasteiger partial charge in [-0.3, -0.25) is 4.79 Å². The summed E-state index contributed by atoms with van der Waals surface area (Å²) in [4.78, 5) is 13.7. The molecule has 0 aliphatic carbocycles. The molecular weight excluding hydrogens is 273 g/mol. The third kappa shape index (κ3) is 3.71. The van der Waals surface area contributed by atoms with E-state index in [2.05, 4.69) is 11.8 Å². The Morgan fingerprint density at radius 3 is 2.86 bits per heavy atom. The Labute approximate surface area is 121 Å². The van der Waals surface area contributed by atoms with Gasteiger partial charge in [0.2, 0.25) is 0 Å². The van der Waals surface area contributed by atoms with Crippen molar-refractivity contribution < 1.29 is 18.7 Å². The van der Waals surface area contributed by atoms with E-state index < -0.39 is 5.82 Å². The minimum atomic E-state index is -0.585. The molecule has 1 amide bonds. The molecule has 0 saturated carbocycles. The van der Waals surface area contributed by atoms with Gasteiger partial charge in [0.25, 0.3) is 5.91 Å². The van der Waals surface area contributed by atoms with E-state index >= 15 is 0 Å². The quantitative estimate of drug-likeness (QED) is 0.879. The van der Waals surface area contributed by atoms with Crippen LogP contribution in [-0.2, 0) is 6.54 Å². The number of aliphatic hydroxyl groups is 1. The van der Waals surface area contributed by atoms with Gasteiger partial charge in [-0.1, -0.05) is 11.8 Å². The van der Waals surface area contributed by atoms with Gasteiger partial charge in [-0.2, -0.15) is 0 Å². The van der Waals surface area contributed by atoms with Gasteiger partial charge in [-0.15, -0.1) is 0 Å². The Bertz CT molecular complexity index is 683. The standard InChI is InChI=1S/C16H14FNO3/c1-18(10-12-6-8-21-11-12)16(20)14-5-4-13(3-2-7-19)15(17)9-14/h4-6,8-9,11,19H,7,10H2,1H3. The number of halogens is 1. The van der Waals surface area contributed by atoms with Gasteiger partial charge < -0.3 is 14.4 Å². The van der Waals surface area contributed by atoms with Crippen molar-refractivity contribution in [2.24, 2.45) is 0 Å². The first kappa shape index (κ1) is 14.8. The van der Waals surface area contributed by atoms with Crippen molar-refractivity contribution in [3.8, 4) is 11.8 Å². The van der Waals surface area contributed by atoms with E-state index in [0.717, 1.165) is 11.6 Å². The summed E-state index contributed by atoms with van der Waals surface area (Å²) in [7, 11) is 1.63. The zero-order valence-corrected chi connectivity index (χ0v) is 11.5. The number of amides is 1. The monoisotopic (exact) mass is 287 g/mol. The summed E-state index contributed by atoms with van der Waals surface area (Å²) in [5, 5.41) is 8.59. The SMILES string of the molecule is CN(Cc1ccoc1)C(=O)c1ccc(C#CCO)c(F)c1. The fraction of sp³-hybridized carbons (Fsp3) is 0.188. The molecule has 1 heterocycles. The van der Waals surface area contributed by atoms with Crippen LogP contribution in [0.2, 0.25) is 0 Å². The normalized spacial score (nSPS) is 9.86. The zero-order chi connectivity index (χ0) is 15.2. The fourth-order valence-electron chi connectivity index (χ4n) is 1.83. The lowest BCUT2D eigenvalue weighted by atomic mass is 10.1. The van der Waals surface area contributed by atoms with Crippen molar-refractivity contribution in [3.63, 3.8) is 0 Å². The number of nitrogens with zero attached hydrogens (tertiary/aromatic N) is 1. The number of furan rings is 1. The molecule has 1 aromatic carbocycles. The molecule has 0 bridgehead atoms. The number of rotatable bonds is 3. The smallest absolute Gasteiger partial charge is 0.254 e. The number of carbonyl (C=O) groups excluding carboxylic acids is 1. The molecule has 0 radical (unpaired) electrons. The Kier molecular flexibility index (Phi) is 4.75. The van der Waals surface area contributed by atoms with Crippen LogP contribution < -0.4 is 0 Å². The van der Waals surface area contributed by atoms with Gasteiger partial charge in [0.05, 0.1) is 18.1 Å². The predicted molar refractivity (Wildman–Crippen MR) is 74.9 cm³/mol. The third-order valence-corrected chi connectivity index (χ3v) is 2.86. The number of hydrogen-bond donors (Lipinski definition) is 1. The zero-order valence-electron chi connectivity index (χ0n) is 11.5. The largest absolute Gasteiger partial charge is 0.472 e. The molecule has 4 nitrogen and oxygen atoms in total. The van der Waals surface area contributed by atoms with Crippen molar-refractivity contribution in [1.29, 1.82) is 0 Å². The molecule has 0 atom stereocenters. The van der Waals surface area contributed by atoms with Crippen LogP contribution in [0.15, 0.2) is 41.2 Å². The highest BCUT2D eigenvalue weighted by Crippen LogP contribution is 2.13. The highest BCUT2D eigenvalue weighted by Gasteiger charge is 2.14. The summed E-state index contributed by atoms with van der Waals surface area (Å²) < 4.78 is 18.7. The van der Waals surface area contributed by atoms with Crippen LogP contribution in [0.3, 0.4) is 0 Å². The molecule has 0 aliphatic heterocycles. The highest BCUT2D eigenvalue weighted by molar-refractivity contribution is 5.94. The summed E-state index contributed by atoms with van der Waals surface area (Å²) in [6.07, 6.45) is 3.08. The minimum absolute atomic E-state index is 0.151. The minimum Gasteiger partial charge on any atom is -0.472 e. The summed E-state index contributed by atoms with van der Waals surface area (Å²) in [5.41, 5.74) is 1.25. The average molecular weight is 287 g/mol. The van der Waals surface area contributed by atoms with Crippen LogP contribution in [0, 0.1) is 17.7 Å². The van der Waals surface area contributed by atoms with Crippen LogP contribution in [-0.4, -0.2) is 29.6 Å². The van der Waals surface area contributed by atoms with Crippen LogP contribution in [0.5, 0.6) is 0 Å². The van der Waals surface area contributed by atoms with Crippen molar-refractivity contribution >= 4 is 5.91 Å². The summed E-state index contributed by atoms with van der Waals surface area (Å²) in [5.74, 6) is 3.97. The number of aliphatic hydroxyl groups excluding tert-OH is 1. The lowest BCUT2D eigenvalue weighted by molar-refractivity contribution is 0.0784. The van der Waals surface area contributed by atoms with Gasteiger partial charge >= 0.3 is 0 Å². The summed E-state index contributed by atoms with van der Waals surface area (Å²) in [6.45, 7) is 0.0383. The maximum atomic E-state index is 13.8. The van der Waals surface area contributed by atoms with Gasteiger partial charge in [0.1, 0.15) is 12.4 Å². The molecule has 21 heavy (non-hydrogen) atoms. The molecule has 0 spiro atoms. The topological polar surface area (TPSA) is 53.7 Å². The number of hydrogen-bond acceptors (Lipinski definition) is 3. The molecule has 108 valence electrons. The Morgan fingerprint density at radius 1 is 1.43 bits per heavy atom. The first-order chi connectivity index (χ1) is 10.1. The molecule has 5 heteroatoms. The molecule has 0 aliphatic rings. The average Bonchev–Trinajstić information content (AvgIpc) is 2.98. The molecule has 0 unspecified atom stereocenters. The van der Waals surface area contributed by atoms with E-state index in [0.29, 0.717) is 6.54 Å². The van der Waals surface area contributed by atoms with E-state index in [4.69, 9.17) is 9.52 Å². The van der Waals surface area contributed by atoms with Crippen molar-refractivity contribution in [2.75, 3.05) is 13.7 Å². The molecule has 1 aromatic heterocycles. The van der Waals surface area contributed by atoms with E-state index in [1.807, 2.05) is 0 Å². The molecule has 0 saturated heterocycles. The van der Waals surface area contributed by atoms with E-state index in [1.165, 1.54) is 23.3 Å². The van der Waals surface area contributed by atoms with Crippen LogP contribution in [0.1, 0.15) is 21.5 Å². The second-order valence-corrected chi connectivity index (χ2v) is 4.45. The second kappa shape index (κ2) is 6.73. The number of benzene rings is 1. The van der Waals surface area contributed by atoms with E-state index in [-0.39, 0.29) is 23.6 Å². The lowest BCUT2D eigenvalue weighted by Crippen LogP contribution is -2.26. The van der Waals surface area contributed by atoms with Crippen LogP contribution in [0.25, 0.3) is 0 Å². The highest BCUT2D eigenvalue weighted by atomic mass is 19.1. The first-order valence-electron chi connectivity index (χ1n) is 6.27. The maximum Gasteiger partial charge on any atom is 0.254 e. The van der Waals surface area contributed by atoms with Crippen molar-refractivity contribution in [1.82, 2.24) is 4.90 Å². The Morgan fingerprint density at radius 2 is 2.24 bits per heavy atom. The van der Waals surface area contributed by atoms with Crippen LogP contribution in [0.4, 0.5) is 4.39 Å². The molecule has 1 N–H and O–H groups in total. The third-order valence-electron chi connectivity index (χ3n) is 2.86. The Hall–Kier alpha value is -2.58. The molecular formula is C16H14FNO3. The van der Waals surface area contributed by atoms with E-state index in [9.17, 15) is 9.18 Å². The summed E-state index contributed by atoms with van der Waals surface area (Å²) in [6, 6.07) is 5.85. The first-order valence-corrected chi connectivity index (χ1v) is 6.27. The van der Waals surface area contributed by atoms with Gasteiger partial charge in [-0.25, -0.2) is 4.39 Å². The van der Waals surface area contributed by atoms with Crippen molar-refractivity contribution in [3.05, 3.63) is 59.3 Å². The van der Waals surface area contributed by atoms with Crippen LogP contribution >= 0.6 is 0 Å². The Balaban J connectivity index is 2.14. The maximum absolute atomic E-state index is 13.8. The van der Waals surface area contributed by atoms with Gasteiger partial charge in [0.15, 0.2) is 0 Å². The second-order valence-electron chi connectivity index (χ2n) is 4.45. The van der Waals surface area contributed by atoms with Gasteiger partial charge in [-0.05, 0) is 24.3 Å². The van der Waals surface area contributed by atoms with E-state index in [1.54, 1.807) is 19.4 Å².